The second-order valence-electron chi connectivity index (χ2n) is 13.7. The van der Waals surface area contributed by atoms with Crippen LogP contribution in [-0.2, 0) is 54.4 Å². The zero-order chi connectivity index (χ0) is 45.3. The minimum absolute atomic E-state index is 0.100. The highest BCUT2D eigenvalue weighted by Gasteiger charge is 2.31. The van der Waals surface area contributed by atoms with Gasteiger partial charge in [-0.2, -0.15) is 0 Å². The van der Waals surface area contributed by atoms with E-state index < -0.39 is 127 Å². The molecule has 60 heavy (non-hydrogen) atoms. The van der Waals surface area contributed by atoms with Gasteiger partial charge in [0.1, 0.15) is 42.3 Å². The molecule has 0 bridgehead atoms. The monoisotopic (exact) mass is 848 g/mol. The number of carboxylic acids is 2. The molecule has 0 radical (unpaired) electrons. The van der Waals surface area contributed by atoms with Crippen molar-refractivity contribution in [2.75, 3.05) is 19.8 Å². The zero-order valence-corrected chi connectivity index (χ0v) is 33.2. The van der Waals surface area contributed by atoms with Gasteiger partial charge in [0.25, 0.3) is 0 Å². The van der Waals surface area contributed by atoms with Crippen molar-refractivity contribution in [2.24, 2.45) is 5.73 Å². The second-order valence-corrected chi connectivity index (χ2v) is 13.7. The van der Waals surface area contributed by atoms with E-state index in [0.717, 1.165) is 10.9 Å². The molecule has 1 aromatic heterocycles. The summed E-state index contributed by atoms with van der Waals surface area (Å²) in [6.07, 6.45) is 1.01. The van der Waals surface area contributed by atoms with Crippen LogP contribution in [0.4, 0.5) is 0 Å². The Morgan fingerprint density at radius 1 is 0.617 bits per heavy atom. The Morgan fingerprint density at radius 2 is 1.08 bits per heavy atom. The topological polar surface area (TPSA) is 390 Å². The summed E-state index contributed by atoms with van der Waals surface area (Å²) in [6.45, 7) is 2.63. The van der Waals surface area contributed by atoms with E-state index >= 15 is 0 Å². The molecule has 0 saturated heterocycles. The van der Waals surface area contributed by atoms with Crippen molar-refractivity contribution in [3.63, 3.8) is 0 Å². The lowest BCUT2D eigenvalue weighted by atomic mass is 10.0. The van der Waals surface area contributed by atoms with Gasteiger partial charge in [-0.15, -0.1) is 0 Å². The first kappa shape index (κ1) is 49.5. The number of aromatic nitrogens is 1. The molecule has 1 aromatic carbocycles. The number of para-hydroxylation sites is 1. The number of carboxylic acid groups (broad SMARTS) is 2. The van der Waals surface area contributed by atoms with Crippen molar-refractivity contribution in [1.82, 2.24) is 47.5 Å². The number of H-pyrrole nitrogens is 1. The molecular weight excluding hydrogens is 796 g/mol. The van der Waals surface area contributed by atoms with Crippen molar-refractivity contribution in [3.8, 4) is 0 Å². The van der Waals surface area contributed by atoms with Crippen LogP contribution >= 0.6 is 0 Å². The molecule has 8 atom stereocenters. The summed E-state index contributed by atoms with van der Waals surface area (Å²) >= 11 is 0. The summed E-state index contributed by atoms with van der Waals surface area (Å²) in [6, 6.07) is -3.91. The molecule has 2 aromatic rings. The summed E-state index contributed by atoms with van der Waals surface area (Å²) < 4.78 is 0. The van der Waals surface area contributed by atoms with E-state index in [9.17, 15) is 53.1 Å². The van der Waals surface area contributed by atoms with Gasteiger partial charge in [-0.1, -0.05) is 18.2 Å². The maximum Gasteiger partial charge on any atom is 0.328 e. The SMILES string of the molecule is C[C@H](NC(=O)CNC(=O)[C@@H](N)CCC(=O)O)C(=O)N[C@@H](C)C(=O)N[C@@H](Cc1c[nH]c2ccccc12)C(=O)N[C@@H](C)C(=O)N[C@@H](C)C(=O)N[C@@H](CO)C(=O)N[C@@H](CO)C(=O)O. The molecule has 1 heterocycles. The highest BCUT2D eigenvalue weighted by molar-refractivity contribution is 5.98. The number of aliphatic carboxylic acids is 2. The Kier molecular flexibility index (Phi) is 19.5. The first-order valence-electron chi connectivity index (χ1n) is 18.5. The average molecular weight is 849 g/mol. The fourth-order valence-electron chi connectivity index (χ4n) is 5.23. The predicted octanol–water partition coefficient (Wildman–Crippen LogP) is -5.44. The summed E-state index contributed by atoms with van der Waals surface area (Å²) in [5.74, 6) is -9.73. The number of amides is 8. The number of fused-ring (bicyclic) bond motifs is 1. The molecule has 0 unspecified atom stereocenters. The molecule has 8 amide bonds. The van der Waals surface area contributed by atoms with Gasteiger partial charge < -0.3 is 73.7 Å². The number of hydrogen-bond donors (Lipinski definition) is 14. The molecule has 0 saturated carbocycles. The smallest absolute Gasteiger partial charge is 0.328 e. The van der Waals surface area contributed by atoms with E-state index in [1.54, 1.807) is 30.5 Å². The number of benzene rings is 1. The maximum absolute atomic E-state index is 13.7. The maximum atomic E-state index is 13.7. The minimum Gasteiger partial charge on any atom is -0.481 e. The number of aliphatic hydroxyl groups excluding tert-OH is 2. The third kappa shape index (κ3) is 15.6. The molecule has 0 aliphatic carbocycles. The summed E-state index contributed by atoms with van der Waals surface area (Å²) in [4.78, 5) is 127. The predicted molar refractivity (Wildman–Crippen MR) is 208 cm³/mol. The molecular formula is C36H52N10O14. The van der Waals surface area contributed by atoms with Gasteiger partial charge in [0.05, 0.1) is 25.8 Å². The van der Waals surface area contributed by atoms with Crippen LogP contribution < -0.4 is 48.3 Å². The van der Waals surface area contributed by atoms with Crippen LogP contribution in [0.1, 0.15) is 46.1 Å². The van der Waals surface area contributed by atoms with Crippen LogP contribution in [0.15, 0.2) is 30.5 Å². The highest BCUT2D eigenvalue weighted by Crippen LogP contribution is 2.19. The molecule has 330 valence electrons. The van der Waals surface area contributed by atoms with E-state index in [0.29, 0.717) is 5.56 Å². The van der Waals surface area contributed by atoms with E-state index in [1.165, 1.54) is 27.7 Å². The Morgan fingerprint density at radius 3 is 1.62 bits per heavy atom. The minimum atomic E-state index is -1.71. The average Bonchev–Trinajstić information content (AvgIpc) is 3.61. The molecule has 0 fully saturated rings. The zero-order valence-electron chi connectivity index (χ0n) is 33.2. The number of carbonyl (C=O) groups excluding carboxylic acids is 8. The fraction of sp³-hybridized carbons (Fsp3) is 0.500. The quantitative estimate of drug-likeness (QED) is 0.0469. The lowest BCUT2D eigenvalue weighted by Crippen LogP contribution is -2.59. The van der Waals surface area contributed by atoms with Gasteiger partial charge in [0, 0.05) is 29.9 Å². The molecule has 0 aliphatic heterocycles. The molecule has 0 aliphatic rings. The number of aromatic amines is 1. The third-order valence-corrected chi connectivity index (χ3v) is 8.80. The van der Waals surface area contributed by atoms with Crippen LogP contribution in [0, 0.1) is 0 Å². The van der Waals surface area contributed by atoms with Gasteiger partial charge in [0.15, 0.2) is 0 Å². The number of nitrogens with two attached hydrogens (primary N) is 1. The van der Waals surface area contributed by atoms with Gasteiger partial charge >= 0.3 is 11.9 Å². The van der Waals surface area contributed by atoms with Crippen LogP contribution in [0.5, 0.6) is 0 Å². The number of carbonyl (C=O) groups is 10. The summed E-state index contributed by atoms with van der Waals surface area (Å²) in [5, 5.41) is 55.6. The Balaban J connectivity index is 2.07. The van der Waals surface area contributed by atoms with E-state index in [1.807, 2.05) is 5.32 Å². The standard InChI is InChI=1S/C36H52N10O14/c1-16(40-27(49)13-39-33(56)22(37)9-10-28(50)51)29(52)41-18(3)31(54)44-24(11-20-12-38-23-8-6-5-7-21(20)23)34(57)43-17(2)30(53)42-19(4)32(55)45-25(14-47)35(58)46-26(15-48)36(59)60/h5-8,12,16-19,22,24-26,38,47-48H,9-11,13-15,37H2,1-4H3,(H,39,56)(H,40,49)(H,41,52)(H,42,53)(H,43,57)(H,44,54)(H,45,55)(H,46,58)(H,50,51)(H,59,60)/t16-,17-,18-,19-,22-,24-,25-,26-/m0/s1. The molecule has 24 nitrogen and oxygen atoms in total. The normalized spacial score (nSPS) is 14.9. The second kappa shape index (κ2) is 23.7. The molecule has 24 heteroatoms. The number of nitrogens with one attached hydrogen (secondary N) is 9. The van der Waals surface area contributed by atoms with Gasteiger partial charge in [-0.05, 0) is 45.7 Å². The first-order chi connectivity index (χ1) is 28.2. The first-order valence-corrected chi connectivity index (χ1v) is 18.5. The summed E-state index contributed by atoms with van der Waals surface area (Å²) in [7, 11) is 0. The van der Waals surface area contributed by atoms with Crippen LogP contribution in [-0.4, -0.2) is 153 Å². The van der Waals surface area contributed by atoms with E-state index in [4.69, 9.17) is 21.1 Å². The molecule has 0 spiro atoms. The van der Waals surface area contributed by atoms with Crippen LogP contribution in [0.25, 0.3) is 10.9 Å². The van der Waals surface area contributed by atoms with Crippen molar-refractivity contribution >= 4 is 70.1 Å². The van der Waals surface area contributed by atoms with Crippen molar-refractivity contribution in [2.45, 2.75) is 95.3 Å². The Bertz CT molecular complexity index is 1900. The van der Waals surface area contributed by atoms with Crippen molar-refractivity contribution in [3.05, 3.63) is 36.0 Å². The Labute approximate surface area is 342 Å². The van der Waals surface area contributed by atoms with Crippen LogP contribution in [0.2, 0.25) is 0 Å². The number of rotatable bonds is 24. The molecule has 15 N–H and O–H groups in total. The van der Waals surface area contributed by atoms with Gasteiger partial charge in [0.2, 0.25) is 47.3 Å². The third-order valence-electron chi connectivity index (χ3n) is 8.80. The fourth-order valence-corrected chi connectivity index (χ4v) is 5.23. The van der Waals surface area contributed by atoms with Gasteiger partial charge in [-0.25, -0.2) is 4.79 Å². The van der Waals surface area contributed by atoms with E-state index in [-0.39, 0.29) is 19.3 Å². The highest BCUT2D eigenvalue weighted by atomic mass is 16.4. The summed E-state index contributed by atoms with van der Waals surface area (Å²) in [5.41, 5.74) is 6.94. The van der Waals surface area contributed by atoms with Crippen LogP contribution in [0.3, 0.4) is 0 Å². The number of hydrogen-bond acceptors (Lipinski definition) is 13. The van der Waals surface area contributed by atoms with Crippen molar-refractivity contribution in [1.29, 1.82) is 0 Å². The largest absolute Gasteiger partial charge is 0.481 e. The lowest BCUT2D eigenvalue weighted by molar-refractivity contribution is -0.143. The van der Waals surface area contributed by atoms with Crippen molar-refractivity contribution < 1.29 is 68.4 Å². The number of aliphatic hydroxyl groups is 2. The van der Waals surface area contributed by atoms with E-state index in [2.05, 4.69) is 42.2 Å². The molecule has 2 rings (SSSR count). The lowest BCUT2D eigenvalue weighted by Gasteiger charge is -2.25. The Hall–Kier alpha value is -6.66. The van der Waals surface area contributed by atoms with Gasteiger partial charge in [-0.3, -0.25) is 43.2 Å².